The van der Waals surface area contributed by atoms with Gasteiger partial charge in [-0.25, -0.2) is 0 Å². The third kappa shape index (κ3) is 8.54. The van der Waals surface area contributed by atoms with Gasteiger partial charge in [-0.15, -0.1) is 0 Å². The molecule has 1 N–H and O–H groups in total. The normalized spacial score (nSPS) is 14.5. The van der Waals surface area contributed by atoms with E-state index >= 15 is 0 Å². The van der Waals surface area contributed by atoms with E-state index in [2.05, 4.69) is 38.2 Å². The first-order chi connectivity index (χ1) is 6.56. The van der Waals surface area contributed by atoms with E-state index in [9.17, 15) is 0 Å². The molecule has 0 aliphatic heterocycles. The molecule has 0 rings (SSSR count). The Bertz CT molecular complexity index is 145. The first-order valence-electron chi connectivity index (χ1n) is 5.19. The highest BCUT2D eigenvalue weighted by Gasteiger charge is 2.10. The fourth-order valence-electron chi connectivity index (χ4n) is 1.51. The lowest BCUT2D eigenvalue weighted by Gasteiger charge is -2.23. The quantitative estimate of drug-likeness (QED) is 0.706. The molecule has 0 heterocycles. The summed E-state index contributed by atoms with van der Waals surface area (Å²) in [5.41, 5.74) is 1.56. The lowest BCUT2D eigenvalue weighted by Crippen LogP contribution is -2.39. The standard InChI is InChI=1S/C11H23ClN2/c1-10(2)8-11(9-14(3)4)13-7-5-6-12/h5-6,10-11,13H,7-9H2,1-4H3/b6-5+. The van der Waals surface area contributed by atoms with Gasteiger partial charge in [-0.05, 0) is 26.4 Å². The average Bonchev–Trinajstić information content (AvgIpc) is 2.02. The Labute approximate surface area is 93.3 Å². The Morgan fingerprint density at radius 3 is 2.43 bits per heavy atom. The largest absolute Gasteiger partial charge is 0.309 e. The molecule has 0 radical (unpaired) electrons. The molecule has 84 valence electrons. The third-order valence-electron chi connectivity index (χ3n) is 1.95. The molecule has 0 saturated carbocycles. The molecule has 2 nitrogen and oxygen atoms in total. The predicted molar refractivity (Wildman–Crippen MR) is 64.8 cm³/mol. The van der Waals surface area contributed by atoms with E-state index in [0.717, 1.165) is 19.0 Å². The van der Waals surface area contributed by atoms with Crippen molar-refractivity contribution in [3.05, 3.63) is 11.6 Å². The van der Waals surface area contributed by atoms with Gasteiger partial charge in [0.05, 0.1) is 0 Å². The second kappa shape index (κ2) is 8.27. The summed E-state index contributed by atoms with van der Waals surface area (Å²) in [6.45, 7) is 6.44. The second-order valence-corrected chi connectivity index (χ2v) is 4.61. The zero-order valence-electron chi connectivity index (χ0n) is 9.76. The fraction of sp³-hybridized carbons (Fsp3) is 0.818. The lowest BCUT2D eigenvalue weighted by atomic mass is 10.0. The molecule has 1 unspecified atom stereocenters. The minimum atomic E-state index is 0.554. The number of halogens is 1. The van der Waals surface area contributed by atoms with Gasteiger partial charge in [0.15, 0.2) is 0 Å². The molecule has 3 heteroatoms. The highest BCUT2D eigenvalue weighted by atomic mass is 35.5. The van der Waals surface area contributed by atoms with Crippen molar-refractivity contribution in [1.29, 1.82) is 0 Å². The minimum Gasteiger partial charge on any atom is -0.309 e. The molecule has 0 aromatic heterocycles. The minimum absolute atomic E-state index is 0.554. The van der Waals surface area contributed by atoms with Crippen LogP contribution < -0.4 is 5.32 Å². The topological polar surface area (TPSA) is 15.3 Å². The van der Waals surface area contributed by atoms with Crippen molar-refractivity contribution in [2.24, 2.45) is 5.92 Å². The summed E-state index contributed by atoms with van der Waals surface area (Å²) < 4.78 is 0. The van der Waals surface area contributed by atoms with Gasteiger partial charge in [-0.3, -0.25) is 0 Å². The van der Waals surface area contributed by atoms with Crippen molar-refractivity contribution in [3.8, 4) is 0 Å². The maximum Gasteiger partial charge on any atom is 0.0200 e. The van der Waals surface area contributed by atoms with Crippen LogP contribution in [0.5, 0.6) is 0 Å². The Morgan fingerprint density at radius 1 is 1.36 bits per heavy atom. The molecular formula is C11H23ClN2. The number of nitrogens with zero attached hydrogens (tertiary/aromatic N) is 1. The van der Waals surface area contributed by atoms with Gasteiger partial charge >= 0.3 is 0 Å². The van der Waals surface area contributed by atoms with Crippen LogP contribution in [0.1, 0.15) is 20.3 Å². The van der Waals surface area contributed by atoms with Crippen molar-refractivity contribution in [2.45, 2.75) is 26.3 Å². The molecule has 1 atom stereocenters. The zero-order chi connectivity index (χ0) is 11.0. The van der Waals surface area contributed by atoms with Crippen LogP contribution in [0.15, 0.2) is 11.6 Å². The van der Waals surface area contributed by atoms with E-state index in [1.54, 1.807) is 5.54 Å². The summed E-state index contributed by atoms with van der Waals surface area (Å²) in [6.07, 6.45) is 3.14. The zero-order valence-corrected chi connectivity index (χ0v) is 10.5. The van der Waals surface area contributed by atoms with E-state index in [-0.39, 0.29) is 0 Å². The van der Waals surface area contributed by atoms with Crippen molar-refractivity contribution >= 4 is 11.6 Å². The van der Waals surface area contributed by atoms with Crippen LogP contribution >= 0.6 is 11.6 Å². The molecule has 0 fully saturated rings. The van der Waals surface area contributed by atoms with Crippen LogP contribution in [0.4, 0.5) is 0 Å². The number of likely N-dealkylation sites (N-methyl/N-ethyl adjacent to an activating group) is 1. The van der Waals surface area contributed by atoms with Gasteiger partial charge in [-0.1, -0.05) is 31.5 Å². The molecule has 14 heavy (non-hydrogen) atoms. The average molecular weight is 219 g/mol. The van der Waals surface area contributed by atoms with E-state index in [4.69, 9.17) is 11.6 Å². The smallest absolute Gasteiger partial charge is 0.0200 e. The monoisotopic (exact) mass is 218 g/mol. The number of hydrogen-bond donors (Lipinski definition) is 1. The fourth-order valence-corrected chi connectivity index (χ4v) is 1.60. The molecule has 0 amide bonds. The van der Waals surface area contributed by atoms with Crippen molar-refractivity contribution in [1.82, 2.24) is 10.2 Å². The summed E-state index contributed by atoms with van der Waals surface area (Å²) in [5.74, 6) is 0.729. The van der Waals surface area contributed by atoms with Gasteiger partial charge in [0.2, 0.25) is 0 Å². The third-order valence-corrected chi connectivity index (χ3v) is 2.13. The lowest BCUT2D eigenvalue weighted by molar-refractivity contribution is 0.312. The summed E-state index contributed by atoms with van der Waals surface area (Å²) in [4.78, 5) is 2.21. The summed E-state index contributed by atoms with van der Waals surface area (Å²) in [6, 6.07) is 0.554. The van der Waals surface area contributed by atoms with Crippen LogP contribution in [0.3, 0.4) is 0 Å². The number of hydrogen-bond acceptors (Lipinski definition) is 2. The molecule has 0 bridgehead atoms. The second-order valence-electron chi connectivity index (χ2n) is 4.36. The predicted octanol–water partition coefficient (Wildman–Crippen LogP) is 2.30. The summed E-state index contributed by atoms with van der Waals surface area (Å²) in [7, 11) is 4.21. The summed E-state index contributed by atoms with van der Waals surface area (Å²) in [5, 5.41) is 3.47. The Morgan fingerprint density at radius 2 is 2.00 bits per heavy atom. The van der Waals surface area contributed by atoms with Crippen LogP contribution in [0, 0.1) is 5.92 Å². The Hall–Kier alpha value is -0.0500. The van der Waals surface area contributed by atoms with Crippen LogP contribution in [0.2, 0.25) is 0 Å². The molecule has 0 aliphatic carbocycles. The summed E-state index contributed by atoms with van der Waals surface area (Å²) >= 11 is 5.47. The molecule has 0 spiro atoms. The highest BCUT2D eigenvalue weighted by molar-refractivity contribution is 6.25. The van der Waals surface area contributed by atoms with Gasteiger partial charge in [0, 0.05) is 24.7 Å². The van der Waals surface area contributed by atoms with E-state index in [1.807, 2.05) is 6.08 Å². The van der Waals surface area contributed by atoms with E-state index < -0.39 is 0 Å². The van der Waals surface area contributed by atoms with Gasteiger partial charge in [0.25, 0.3) is 0 Å². The Kier molecular flexibility index (Phi) is 8.24. The van der Waals surface area contributed by atoms with Gasteiger partial charge < -0.3 is 10.2 Å². The SMILES string of the molecule is CC(C)CC(CN(C)C)NC/C=C/Cl. The Balaban J connectivity index is 3.84. The van der Waals surface area contributed by atoms with Crippen LogP contribution in [0.25, 0.3) is 0 Å². The van der Waals surface area contributed by atoms with Crippen LogP contribution in [-0.4, -0.2) is 38.1 Å². The maximum absolute atomic E-state index is 5.47. The first kappa shape index (κ1) is 13.9. The number of nitrogens with one attached hydrogen (secondary N) is 1. The number of rotatable bonds is 7. The van der Waals surface area contributed by atoms with Gasteiger partial charge in [0.1, 0.15) is 0 Å². The molecule has 0 aliphatic rings. The van der Waals surface area contributed by atoms with E-state index in [1.165, 1.54) is 6.42 Å². The molecule has 0 aromatic carbocycles. The van der Waals surface area contributed by atoms with E-state index in [0.29, 0.717) is 6.04 Å². The molecule has 0 aromatic rings. The van der Waals surface area contributed by atoms with Gasteiger partial charge in [-0.2, -0.15) is 0 Å². The first-order valence-corrected chi connectivity index (χ1v) is 5.63. The molecule has 0 saturated heterocycles. The highest BCUT2D eigenvalue weighted by Crippen LogP contribution is 2.05. The van der Waals surface area contributed by atoms with Crippen LogP contribution in [-0.2, 0) is 0 Å². The van der Waals surface area contributed by atoms with Crippen molar-refractivity contribution < 1.29 is 0 Å². The molecular weight excluding hydrogens is 196 g/mol. The van der Waals surface area contributed by atoms with Crippen molar-refractivity contribution in [3.63, 3.8) is 0 Å². The maximum atomic E-state index is 5.47. The van der Waals surface area contributed by atoms with Crippen molar-refractivity contribution in [2.75, 3.05) is 27.2 Å².